The molecule has 100 valence electrons. The molecule has 6 heteroatoms. The molecule has 0 radical (unpaired) electrons. The van der Waals surface area contributed by atoms with Gasteiger partial charge in [0.2, 0.25) is 5.95 Å². The van der Waals surface area contributed by atoms with E-state index in [1.807, 2.05) is 25.1 Å². The van der Waals surface area contributed by atoms with Crippen LogP contribution in [-0.2, 0) is 4.74 Å². The second kappa shape index (κ2) is 5.97. The van der Waals surface area contributed by atoms with E-state index in [1.54, 1.807) is 0 Å². The Kier molecular flexibility index (Phi) is 4.33. The maximum Gasteiger partial charge on any atom is 0.224 e. The van der Waals surface area contributed by atoms with Crippen molar-refractivity contribution in [2.45, 2.75) is 12.3 Å². The predicted molar refractivity (Wildman–Crippen MR) is 70.1 cm³/mol. The molecular weight excluding hydrogens is 232 g/mol. The van der Waals surface area contributed by atoms with Crippen LogP contribution in [0.1, 0.15) is 18.0 Å². The molecule has 0 amide bonds. The minimum absolute atomic E-state index is 0.0669. The number of rotatable bonds is 5. The Labute approximate surface area is 107 Å². The summed E-state index contributed by atoms with van der Waals surface area (Å²) in [6, 6.07) is 2.00. The van der Waals surface area contributed by atoms with Crippen molar-refractivity contribution >= 4 is 11.8 Å². The van der Waals surface area contributed by atoms with E-state index < -0.39 is 0 Å². The lowest BCUT2D eigenvalue weighted by Crippen LogP contribution is -2.16. The van der Waals surface area contributed by atoms with Crippen LogP contribution in [0.15, 0.2) is 6.07 Å². The molecule has 1 atom stereocenters. The zero-order valence-corrected chi connectivity index (χ0v) is 10.9. The summed E-state index contributed by atoms with van der Waals surface area (Å²) < 4.78 is 5.40. The van der Waals surface area contributed by atoms with E-state index in [9.17, 15) is 0 Å². The van der Waals surface area contributed by atoms with Gasteiger partial charge < -0.3 is 20.1 Å². The second-order valence-corrected chi connectivity index (χ2v) is 4.58. The number of nitrogens with one attached hydrogen (secondary N) is 1. The van der Waals surface area contributed by atoms with Gasteiger partial charge in [0, 0.05) is 39.2 Å². The molecule has 1 aliphatic heterocycles. The minimum atomic E-state index is 0.0669. The summed E-state index contributed by atoms with van der Waals surface area (Å²) in [7, 11) is 3.90. The Morgan fingerprint density at radius 1 is 1.50 bits per heavy atom. The lowest BCUT2D eigenvalue weighted by Gasteiger charge is -2.16. The summed E-state index contributed by atoms with van der Waals surface area (Å²) in [5.41, 5.74) is 1.01. The molecule has 1 aromatic rings. The molecule has 0 spiro atoms. The zero-order chi connectivity index (χ0) is 13.0. The van der Waals surface area contributed by atoms with Crippen molar-refractivity contribution in [1.29, 1.82) is 0 Å². The van der Waals surface area contributed by atoms with E-state index in [2.05, 4.69) is 15.3 Å². The predicted octanol–water partition coefficient (Wildman–Crippen LogP) is 0.451. The van der Waals surface area contributed by atoms with Crippen molar-refractivity contribution < 1.29 is 9.84 Å². The van der Waals surface area contributed by atoms with Crippen LogP contribution in [0.2, 0.25) is 0 Å². The SMILES string of the molecule is CN(C)c1cc([C@H]2CCOC2)nc(NCCO)n1. The Morgan fingerprint density at radius 3 is 2.94 bits per heavy atom. The Balaban J connectivity index is 2.23. The maximum absolute atomic E-state index is 8.84. The van der Waals surface area contributed by atoms with Gasteiger partial charge in [-0.3, -0.25) is 0 Å². The topological polar surface area (TPSA) is 70.5 Å². The summed E-state index contributed by atoms with van der Waals surface area (Å²) in [6.07, 6.45) is 1.00. The van der Waals surface area contributed by atoms with E-state index >= 15 is 0 Å². The zero-order valence-electron chi connectivity index (χ0n) is 10.9. The highest BCUT2D eigenvalue weighted by atomic mass is 16.5. The Hall–Kier alpha value is -1.40. The van der Waals surface area contributed by atoms with Gasteiger partial charge in [0.05, 0.1) is 18.9 Å². The van der Waals surface area contributed by atoms with Gasteiger partial charge in [-0.1, -0.05) is 0 Å². The summed E-state index contributed by atoms with van der Waals surface area (Å²) >= 11 is 0. The maximum atomic E-state index is 8.84. The monoisotopic (exact) mass is 252 g/mol. The Bertz CT molecular complexity index is 392. The number of aromatic nitrogens is 2. The smallest absolute Gasteiger partial charge is 0.224 e. The first-order valence-corrected chi connectivity index (χ1v) is 6.19. The number of anilines is 2. The molecule has 2 heterocycles. The molecule has 0 bridgehead atoms. The van der Waals surface area contributed by atoms with E-state index in [-0.39, 0.29) is 6.61 Å². The first-order chi connectivity index (χ1) is 8.70. The van der Waals surface area contributed by atoms with Crippen LogP contribution in [0, 0.1) is 0 Å². The van der Waals surface area contributed by atoms with Crippen molar-refractivity contribution in [3.63, 3.8) is 0 Å². The van der Waals surface area contributed by atoms with Crippen LogP contribution < -0.4 is 10.2 Å². The second-order valence-electron chi connectivity index (χ2n) is 4.58. The van der Waals surface area contributed by atoms with Gasteiger partial charge in [-0.05, 0) is 6.42 Å². The van der Waals surface area contributed by atoms with Gasteiger partial charge in [0.25, 0.3) is 0 Å². The average molecular weight is 252 g/mol. The fourth-order valence-corrected chi connectivity index (χ4v) is 1.91. The quantitative estimate of drug-likeness (QED) is 0.793. The number of nitrogens with zero attached hydrogens (tertiary/aromatic N) is 3. The summed E-state index contributed by atoms with van der Waals surface area (Å²) in [4.78, 5) is 10.8. The van der Waals surface area contributed by atoms with Crippen molar-refractivity contribution in [3.05, 3.63) is 11.8 Å². The number of ether oxygens (including phenoxy) is 1. The number of hydrogen-bond donors (Lipinski definition) is 2. The van der Waals surface area contributed by atoms with Crippen LogP contribution >= 0.6 is 0 Å². The molecule has 0 saturated carbocycles. The first-order valence-electron chi connectivity index (χ1n) is 6.19. The van der Waals surface area contributed by atoms with Gasteiger partial charge in [-0.2, -0.15) is 4.98 Å². The lowest BCUT2D eigenvalue weighted by molar-refractivity contribution is 0.193. The van der Waals surface area contributed by atoms with Crippen LogP contribution in [-0.4, -0.2) is 55.5 Å². The van der Waals surface area contributed by atoms with E-state index in [0.717, 1.165) is 31.1 Å². The van der Waals surface area contributed by atoms with Crippen molar-refractivity contribution in [1.82, 2.24) is 9.97 Å². The molecule has 1 saturated heterocycles. The third-order valence-electron chi connectivity index (χ3n) is 2.93. The van der Waals surface area contributed by atoms with E-state index in [0.29, 0.717) is 18.4 Å². The molecule has 1 fully saturated rings. The summed E-state index contributed by atoms with van der Waals surface area (Å²) in [5.74, 6) is 1.78. The van der Waals surface area contributed by atoms with Gasteiger partial charge in [0.1, 0.15) is 5.82 Å². The molecule has 0 aliphatic carbocycles. The molecule has 2 rings (SSSR count). The fourth-order valence-electron chi connectivity index (χ4n) is 1.91. The van der Waals surface area contributed by atoms with Gasteiger partial charge in [-0.15, -0.1) is 0 Å². The third-order valence-corrected chi connectivity index (χ3v) is 2.93. The number of aliphatic hydroxyl groups is 1. The highest BCUT2D eigenvalue weighted by Gasteiger charge is 2.21. The van der Waals surface area contributed by atoms with Crippen molar-refractivity contribution in [2.24, 2.45) is 0 Å². The number of hydrogen-bond acceptors (Lipinski definition) is 6. The minimum Gasteiger partial charge on any atom is -0.395 e. The summed E-state index contributed by atoms with van der Waals surface area (Å²) in [6.45, 7) is 2.05. The van der Waals surface area contributed by atoms with Gasteiger partial charge >= 0.3 is 0 Å². The average Bonchev–Trinajstić information content (AvgIpc) is 2.89. The lowest BCUT2D eigenvalue weighted by atomic mass is 10.0. The van der Waals surface area contributed by atoms with Crippen LogP contribution in [0.3, 0.4) is 0 Å². The van der Waals surface area contributed by atoms with Crippen LogP contribution in [0.5, 0.6) is 0 Å². The van der Waals surface area contributed by atoms with E-state index in [1.165, 1.54) is 0 Å². The van der Waals surface area contributed by atoms with Crippen molar-refractivity contribution in [2.75, 3.05) is 50.7 Å². The van der Waals surface area contributed by atoms with E-state index in [4.69, 9.17) is 9.84 Å². The molecule has 0 aromatic carbocycles. The number of aliphatic hydroxyl groups excluding tert-OH is 1. The fraction of sp³-hybridized carbons (Fsp3) is 0.667. The third kappa shape index (κ3) is 3.08. The molecule has 1 aromatic heterocycles. The molecule has 0 unspecified atom stereocenters. The highest BCUT2D eigenvalue weighted by Crippen LogP contribution is 2.26. The molecule has 6 nitrogen and oxygen atoms in total. The Morgan fingerprint density at radius 2 is 2.33 bits per heavy atom. The normalized spacial score (nSPS) is 18.9. The van der Waals surface area contributed by atoms with Crippen LogP contribution in [0.25, 0.3) is 0 Å². The molecule has 2 N–H and O–H groups in total. The molecule has 18 heavy (non-hydrogen) atoms. The molecule has 1 aliphatic rings. The van der Waals surface area contributed by atoms with Crippen molar-refractivity contribution in [3.8, 4) is 0 Å². The van der Waals surface area contributed by atoms with Gasteiger partial charge in [0.15, 0.2) is 0 Å². The highest BCUT2D eigenvalue weighted by molar-refractivity contribution is 5.44. The summed E-state index contributed by atoms with van der Waals surface area (Å²) in [5, 5.41) is 11.9. The molecular formula is C12H20N4O2. The van der Waals surface area contributed by atoms with Gasteiger partial charge in [-0.25, -0.2) is 4.98 Å². The first kappa shape index (κ1) is 13.0. The largest absolute Gasteiger partial charge is 0.395 e. The standard InChI is InChI=1S/C12H20N4O2/c1-16(2)11-7-10(9-3-6-18-8-9)14-12(15-11)13-4-5-17/h7,9,17H,3-6,8H2,1-2H3,(H,13,14,15)/t9-/m0/s1. The van der Waals surface area contributed by atoms with Crippen LogP contribution in [0.4, 0.5) is 11.8 Å².